The molecule has 0 bridgehead atoms. The fourth-order valence-corrected chi connectivity index (χ4v) is 3.08. The van der Waals surface area contributed by atoms with Crippen LogP contribution in [0.1, 0.15) is 21.5 Å². The van der Waals surface area contributed by atoms with Crippen LogP contribution in [-0.4, -0.2) is 17.3 Å². The maximum Gasteiger partial charge on any atom is 0.275 e. The lowest BCUT2D eigenvalue weighted by Gasteiger charge is -2.16. The SMILES string of the molecule is Cc1ccc(-c2ccccc2C(=O)NO)c2c1Oc1ccccc1N=C2. The molecule has 0 aliphatic carbocycles. The van der Waals surface area contributed by atoms with Crippen molar-refractivity contribution >= 4 is 17.8 Å². The quantitative estimate of drug-likeness (QED) is 0.411. The molecule has 0 saturated carbocycles. The van der Waals surface area contributed by atoms with Crippen molar-refractivity contribution < 1.29 is 14.7 Å². The van der Waals surface area contributed by atoms with E-state index >= 15 is 0 Å². The number of carbonyl (C=O) groups excluding carboxylic acids is 1. The maximum absolute atomic E-state index is 12.1. The van der Waals surface area contributed by atoms with Crippen LogP contribution in [0.2, 0.25) is 0 Å². The van der Waals surface area contributed by atoms with Gasteiger partial charge in [-0.15, -0.1) is 0 Å². The van der Waals surface area contributed by atoms with Crippen LogP contribution in [0.15, 0.2) is 65.7 Å². The molecule has 1 heterocycles. The first-order valence-electron chi connectivity index (χ1n) is 8.17. The number of nitrogens with zero attached hydrogens (tertiary/aromatic N) is 1. The van der Waals surface area contributed by atoms with Crippen molar-refractivity contribution in [1.29, 1.82) is 0 Å². The minimum Gasteiger partial charge on any atom is -0.454 e. The highest BCUT2D eigenvalue weighted by atomic mass is 16.5. The number of rotatable bonds is 2. The van der Waals surface area contributed by atoms with Gasteiger partial charge in [0.05, 0.1) is 0 Å². The van der Waals surface area contributed by atoms with Crippen molar-refractivity contribution in [2.45, 2.75) is 6.92 Å². The Morgan fingerprint density at radius 1 is 1.00 bits per heavy atom. The van der Waals surface area contributed by atoms with Crippen LogP contribution in [0, 0.1) is 6.92 Å². The van der Waals surface area contributed by atoms with E-state index < -0.39 is 5.91 Å². The highest BCUT2D eigenvalue weighted by molar-refractivity contribution is 6.04. The normalized spacial score (nSPS) is 11.8. The Morgan fingerprint density at radius 2 is 1.77 bits per heavy atom. The Hall–Kier alpha value is -3.44. The smallest absolute Gasteiger partial charge is 0.275 e. The second-order valence-corrected chi connectivity index (χ2v) is 5.99. The second kappa shape index (κ2) is 6.46. The number of amides is 1. The van der Waals surface area contributed by atoms with Gasteiger partial charge >= 0.3 is 0 Å². The predicted molar refractivity (Wildman–Crippen MR) is 99.6 cm³/mol. The van der Waals surface area contributed by atoms with Gasteiger partial charge in [0, 0.05) is 17.3 Å². The summed E-state index contributed by atoms with van der Waals surface area (Å²) in [5, 5.41) is 9.05. The number of aliphatic imine (C=N–C) groups is 1. The summed E-state index contributed by atoms with van der Waals surface area (Å²) in [6.45, 7) is 1.97. The third kappa shape index (κ3) is 2.64. The average molecular weight is 344 g/mol. The van der Waals surface area contributed by atoms with E-state index in [1.165, 1.54) is 0 Å². The number of nitrogens with one attached hydrogen (secondary N) is 1. The first-order valence-corrected chi connectivity index (χ1v) is 8.17. The summed E-state index contributed by atoms with van der Waals surface area (Å²) in [6.07, 6.45) is 1.76. The maximum atomic E-state index is 12.1. The zero-order chi connectivity index (χ0) is 18.1. The lowest BCUT2D eigenvalue weighted by atomic mass is 9.93. The van der Waals surface area contributed by atoms with Gasteiger partial charge in [0.25, 0.3) is 5.91 Å². The van der Waals surface area contributed by atoms with Crippen LogP contribution in [0.4, 0.5) is 5.69 Å². The van der Waals surface area contributed by atoms with E-state index in [0.29, 0.717) is 22.6 Å². The summed E-state index contributed by atoms with van der Waals surface area (Å²) in [4.78, 5) is 16.6. The number of hydrogen-bond donors (Lipinski definition) is 2. The molecule has 0 spiro atoms. The van der Waals surface area contributed by atoms with Gasteiger partial charge in [0.2, 0.25) is 0 Å². The van der Waals surface area contributed by atoms with Crippen molar-refractivity contribution in [2.24, 2.45) is 4.99 Å². The van der Waals surface area contributed by atoms with Crippen molar-refractivity contribution in [3.05, 3.63) is 77.4 Å². The zero-order valence-corrected chi connectivity index (χ0v) is 14.1. The van der Waals surface area contributed by atoms with Gasteiger partial charge in [-0.2, -0.15) is 0 Å². The third-order valence-corrected chi connectivity index (χ3v) is 4.37. The first kappa shape index (κ1) is 16.1. The lowest BCUT2D eigenvalue weighted by Crippen LogP contribution is -2.19. The number of carbonyl (C=O) groups is 1. The monoisotopic (exact) mass is 344 g/mol. The molecule has 5 nitrogen and oxygen atoms in total. The molecule has 128 valence electrons. The highest BCUT2D eigenvalue weighted by Gasteiger charge is 2.20. The van der Waals surface area contributed by atoms with Crippen LogP contribution in [0.25, 0.3) is 11.1 Å². The minimum absolute atomic E-state index is 0.371. The standard InChI is InChI=1S/C21H16N2O3/c1-13-10-11-15(14-6-2-3-7-16(14)21(24)23-25)17-12-22-18-8-4-5-9-19(18)26-20(13)17/h2-12,25H,1H3,(H,23,24). The van der Waals surface area contributed by atoms with Gasteiger partial charge < -0.3 is 4.74 Å². The van der Waals surface area contributed by atoms with Gasteiger partial charge in [-0.25, -0.2) is 5.48 Å². The molecule has 0 aromatic heterocycles. The summed E-state index contributed by atoms with van der Waals surface area (Å²) in [5.41, 5.74) is 6.08. The molecular formula is C21H16N2O3. The minimum atomic E-state index is -0.565. The number of hydrogen-bond acceptors (Lipinski definition) is 4. The molecule has 26 heavy (non-hydrogen) atoms. The predicted octanol–water partition coefficient (Wildman–Crippen LogP) is 4.64. The molecule has 3 aromatic rings. The fourth-order valence-electron chi connectivity index (χ4n) is 3.08. The number of para-hydroxylation sites is 2. The van der Waals surface area contributed by atoms with Crippen molar-refractivity contribution in [2.75, 3.05) is 0 Å². The number of aryl methyl sites for hydroxylation is 1. The molecule has 5 heteroatoms. The van der Waals surface area contributed by atoms with E-state index in [4.69, 9.17) is 9.94 Å². The molecule has 2 N–H and O–H groups in total. The highest BCUT2D eigenvalue weighted by Crippen LogP contribution is 2.41. The first-order chi connectivity index (χ1) is 12.7. The van der Waals surface area contributed by atoms with Crippen molar-refractivity contribution in [1.82, 2.24) is 5.48 Å². The van der Waals surface area contributed by atoms with Crippen LogP contribution >= 0.6 is 0 Å². The molecular weight excluding hydrogens is 328 g/mol. The molecule has 0 fully saturated rings. The van der Waals surface area contributed by atoms with Crippen LogP contribution < -0.4 is 10.2 Å². The Kier molecular flexibility index (Phi) is 3.99. The van der Waals surface area contributed by atoms with E-state index in [2.05, 4.69) is 4.99 Å². The molecule has 0 saturated heterocycles. The van der Waals surface area contributed by atoms with E-state index in [9.17, 15) is 4.79 Å². The molecule has 1 aliphatic heterocycles. The van der Waals surface area contributed by atoms with Crippen molar-refractivity contribution in [3.8, 4) is 22.6 Å². The van der Waals surface area contributed by atoms with Gasteiger partial charge in [0.1, 0.15) is 11.4 Å². The molecule has 0 unspecified atom stereocenters. The summed E-state index contributed by atoms with van der Waals surface area (Å²) in [5.74, 6) is 0.823. The van der Waals surface area contributed by atoms with Gasteiger partial charge in [-0.3, -0.25) is 15.0 Å². The molecule has 4 rings (SSSR count). The summed E-state index contributed by atoms with van der Waals surface area (Å²) in [6, 6.07) is 18.6. The number of hydroxylamine groups is 1. The number of fused-ring (bicyclic) bond motifs is 2. The summed E-state index contributed by atoms with van der Waals surface area (Å²) in [7, 11) is 0. The van der Waals surface area contributed by atoms with E-state index in [0.717, 1.165) is 22.4 Å². The topological polar surface area (TPSA) is 70.9 Å². The number of ether oxygens (including phenoxy) is 1. The zero-order valence-electron chi connectivity index (χ0n) is 14.1. The summed E-state index contributed by atoms with van der Waals surface area (Å²) >= 11 is 0. The van der Waals surface area contributed by atoms with Crippen LogP contribution in [0.5, 0.6) is 11.5 Å². The largest absolute Gasteiger partial charge is 0.454 e. The van der Waals surface area contributed by atoms with E-state index in [1.807, 2.05) is 55.5 Å². The van der Waals surface area contributed by atoms with Gasteiger partial charge in [0.15, 0.2) is 5.75 Å². The Bertz CT molecular complexity index is 1040. The Morgan fingerprint density at radius 3 is 2.62 bits per heavy atom. The lowest BCUT2D eigenvalue weighted by molar-refractivity contribution is 0.0707. The number of benzene rings is 3. The molecule has 1 amide bonds. The second-order valence-electron chi connectivity index (χ2n) is 5.99. The molecule has 0 radical (unpaired) electrons. The van der Waals surface area contributed by atoms with E-state index in [-0.39, 0.29) is 0 Å². The van der Waals surface area contributed by atoms with Crippen LogP contribution in [-0.2, 0) is 0 Å². The molecule has 3 aromatic carbocycles. The van der Waals surface area contributed by atoms with Gasteiger partial charge in [-0.1, -0.05) is 42.5 Å². The van der Waals surface area contributed by atoms with Crippen molar-refractivity contribution in [3.63, 3.8) is 0 Å². The van der Waals surface area contributed by atoms with Gasteiger partial charge in [-0.05, 0) is 41.8 Å². The van der Waals surface area contributed by atoms with E-state index in [1.54, 1.807) is 23.8 Å². The Labute approximate surface area is 150 Å². The van der Waals surface area contributed by atoms with Crippen LogP contribution in [0.3, 0.4) is 0 Å². The third-order valence-electron chi connectivity index (χ3n) is 4.37. The average Bonchev–Trinajstić information content (AvgIpc) is 2.88. The Balaban J connectivity index is 1.95. The molecule has 0 atom stereocenters. The fraction of sp³-hybridized carbons (Fsp3) is 0.0476. The summed E-state index contributed by atoms with van der Waals surface area (Å²) < 4.78 is 6.15. The molecule has 1 aliphatic rings.